The Balaban J connectivity index is 0.00000450. The van der Waals surface area contributed by atoms with Crippen LogP contribution in [0.25, 0.3) is 0 Å². The molecule has 2 N–H and O–H groups in total. The van der Waals surface area contributed by atoms with Crippen molar-refractivity contribution in [1.82, 2.24) is 15.5 Å². The van der Waals surface area contributed by atoms with Crippen LogP contribution in [0.15, 0.2) is 29.3 Å². The number of hydrogen-bond donors (Lipinski definition) is 2. The first-order valence-electron chi connectivity index (χ1n) is 9.38. The van der Waals surface area contributed by atoms with Crippen LogP contribution in [-0.4, -0.2) is 56.3 Å². The number of aliphatic imine (C=N–C) groups is 1. The molecule has 6 nitrogen and oxygen atoms in total. The predicted octanol–water partition coefficient (Wildman–Crippen LogP) is 3.46. The Hall–Kier alpha value is -2.16. The summed E-state index contributed by atoms with van der Waals surface area (Å²) >= 11 is 0. The Bertz CT molecular complexity index is 782. The van der Waals surface area contributed by atoms with Crippen molar-refractivity contribution in [2.24, 2.45) is 4.99 Å². The Morgan fingerprint density at radius 1 is 1.33 bits per heavy atom. The number of piperidine rings is 1. The molecule has 10 heteroatoms. The third-order valence-corrected chi connectivity index (χ3v) is 4.35. The SMILES string of the molecule is CCOC(=O)N1CCC(NC(=NC)NCC#Cc2cccc(C(F)(F)F)c2)CC1.I. The zero-order chi connectivity index (χ0) is 21.3. The van der Waals surface area contributed by atoms with Gasteiger partial charge in [-0.25, -0.2) is 4.79 Å². The lowest BCUT2D eigenvalue weighted by molar-refractivity contribution is -0.137. The summed E-state index contributed by atoms with van der Waals surface area (Å²) in [5.74, 6) is 6.07. The summed E-state index contributed by atoms with van der Waals surface area (Å²) in [6.07, 6.45) is -3.16. The molecule has 0 spiro atoms. The van der Waals surface area contributed by atoms with Crippen molar-refractivity contribution in [3.05, 3.63) is 35.4 Å². The van der Waals surface area contributed by atoms with Gasteiger partial charge in [-0.2, -0.15) is 13.2 Å². The standard InChI is InChI=1S/C20H25F3N4O2.HI/c1-3-29-19(28)27-12-9-17(10-13-27)26-18(24-2)25-11-5-7-15-6-4-8-16(14-15)20(21,22)23;/h4,6,8,14,17H,3,9-13H2,1-2H3,(H2,24,25,26);1H. The summed E-state index contributed by atoms with van der Waals surface area (Å²) in [4.78, 5) is 17.5. The van der Waals surface area contributed by atoms with Crippen LogP contribution in [-0.2, 0) is 10.9 Å². The van der Waals surface area contributed by atoms with Crippen molar-refractivity contribution >= 4 is 36.0 Å². The first-order chi connectivity index (χ1) is 13.8. The number of nitrogens with one attached hydrogen (secondary N) is 2. The summed E-state index contributed by atoms with van der Waals surface area (Å²) in [5.41, 5.74) is -0.417. The van der Waals surface area contributed by atoms with Crippen LogP contribution >= 0.6 is 24.0 Å². The first kappa shape index (κ1) is 25.9. The minimum Gasteiger partial charge on any atom is -0.450 e. The van der Waals surface area contributed by atoms with Gasteiger partial charge in [-0.3, -0.25) is 4.99 Å². The normalized spacial score (nSPS) is 14.8. The van der Waals surface area contributed by atoms with E-state index in [-0.39, 0.29) is 42.7 Å². The number of carbonyl (C=O) groups is 1. The molecule has 0 radical (unpaired) electrons. The Kier molecular flexibility index (Phi) is 10.8. The molecule has 1 aliphatic rings. The monoisotopic (exact) mass is 538 g/mol. The predicted molar refractivity (Wildman–Crippen MR) is 120 cm³/mol. The number of hydrogen-bond acceptors (Lipinski definition) is 3. The van der Waals surface area contributed by atoms with Gasteiger partial charge in [-0.1, -0.05) is 17.9 Å². The number of carbonyl (C=O) groups excluding carboxylic acids is 1. The summed E-state index contributed by atoms with van der Waals surface area (Å²) in [6, 6.07) is 5.07. The summed E-state index contributed by atoms with van der Waals surface area (Å²) in [5, 5.41) is 6.29. The van der Waals surface area contributed by atoms with Gasteiger partial charge in [0.05, 0.1) is 18.7 Å². The molecule has 2 rings (SSSR count). The molecule has 1 fully saturated rings. The lowest BCUT2D eigenvalue weighted by Gasteiger charge is -2.32. The zero-order valence-corrected chi connectivity index (χ0v) is 19.2. The van der Waals surface area contributed by atoms with Crippen LogP contribution < -0.4 is 10.6 Å². The molecular formula is C20H26F3IN4O2. The van der Waals surface area contributed by atoms with Crippen molar-refractivity contribution in [3.63, 3.8) is 0 Å². The van der Waals surface area contributed by atoms with Crippen LogP contribution in [0.2, 0.25) is 0 Å². The molecular weight excluding hydrogens is 512 g/mol. The van der Waals surface area contributed by atoms with E-state index in [9.17, 15) is 18.0 Å². The highest BCUT2D eigenvalue weighted by Crippen LogP contribution is 2.29. The molecule has 1 aromatic rings. The van der Waals surface area contributed by atoms with Crippen molar-refractivity contribution < 1.29 is 22.7 Å². The number of ether oxygens (including phenoxy) is 1. The van der Waals surface area contributed by atoms with Gasteiger partial charge in [0, 0.05) is 31.7 Å². The van der Waals surface area contributed by atoms with Crippen molar-refractivity contribution in [2.45, 2.75) is 32.0 Å². The van der Waals surface area contributed by atoms with E-state index in [2.05, 4.69) is 27.5 Å². The minimum atomic E-state index is -4.38. The first-order valence-corrected chi connectivity index (χ1v) is 9.38. The number of benzene rings is 1. The molecule has 1 aromatic carbocycles. The smallest absolute Gasteiger partial charge is 0.416 e. The van der Waals surface area contributed by atoms with Crippen molar-refractivity contribution in [3.8, 4) is 11.8 Å². The number of likely N-dealkylation sites (tertiary alicyclic amines) is 1. The number of nitrogens with zero attached hydrogens (tertiary/aromatic N) is 2. The molecule has 0 saturated carbocycles. The highest BCUT2D eigenvalue weighted by atomic mass is 127. The maximum atomic E-state index is 12.7. The summed E-state index contributed by atoms with van der Waals surface area (Å²) < 4.78 is 43.2. The second-order valence-electron chi connectivity index (χ2n) is 6.41. The maximum Gasteiger partial charge on any atom is 0.416 e. The Labute approximate surface area is 191 Å². The number of halogens is 4. The zero-order valence-electron chi connectivity index (χ0n) is 16.9. The van der Waals surface area contributed by atoms with Gasteiger partial charge >= 0.3 is 12.3 Å². The molecule has 1 heterocycles. The Morgan fingerprint density at radius 3 is 2.63 bits per heavy atom. The van der Waals surface area contributed by atoms with Crippen molar-refractivity contribution in [1.29, 1.82) is 0 Å². The largest absolute Gasteiger partial charge is 0.450 e. The molecule has 0 aromatic heterocycles. The molecule has 0 bridgehead atoms. The van der Waals surface area contributed by atoms with E-state index < -0.39 is 11.7 Å². The van der Waals surface area contributed by atoms with E-state index in [1.807, 2.05) is 0 Å². The van der Waals surface area contributed by atoms with Crippen LogP contribution in [0.3, 0.4) is 0 Å². The van der Waals surface area contributed by atoms with Crippen LogP contribution in [0, 0.1) is 11.8 Å². The lowest BCUT2D eigenvalue weighted by Crippen LogP contribution is -2.49. The summed E-state index contributed by atoms with van der Waals surface area (Å²) in [6.45, 7) is 3.57. The van der Waals surface area contributed by atoms with Crippen LogP contribution in [0.4, 0.5) is 18.0 Å². The van der Waals surface area contributed by atoms with E-state index in [1.54, 1.807) is 18.9 Å². The van der Waals surface area contributed by atoms with Crippen LogP contribution in [0.1, 0.15) is 30.9 Å². The van der Waals surface area contributed by atoms with E-state index in [1.165, 1.54) is 12.1 Å². The lowest BCUT2D eigenvalue weighted by atomic mass is 10.1. The highest BCUT2D eigenvalue weighted by Gasteiger charge is 2.30. The minimum absolute atomic E-state index is 0. The van der Waals surface area contributed by atoms with E-state index in [0.717, 1.165) is 25.0 Å². The third kappa shape index (κ3) is 8.30. The maximum absolute atomic E-state index is 12.7. The van der Waals surface area contributed by atoms with Crippen LogP contribution in [0.5, 0.6) is 0 Å². The van der Waals surface area contributed by atoms with Gasteiger partial charge in [0.25, 0.3) is 0 Å². The molecule has 1 aliphatic heterocycles. The molecule has 0 atom stereocenters. The average Bonchev–Trinajstić information content (AvgIpc) is 2.70. The van der Waals surface area contributed by atoms with Gasteiger partial charge < -0.3 is 20.3 Å². The van der Waals surface area contributed by atoms with Crippen molar-refractivity contribution in [2.75, 3.05) is 33.3 Å². The molecule has 166 valence electrons. The number of amides is 1. The third-order valence-electron chi connectivity index (χ3n) is 4.35. The van der Waals surface area contributed by atoms with Gasteiger partial charge in [-0.05, 0) is 38.0 Å². The number of rotatable bonds is 3. The fourth-order valence-corrected chi connectivity index (χ4v) is 2.86. The van der Waals surface area contributed by atoms with Gasteiger partial charge in [0.2, 0.25) is 0 Å². The molecule has 30 heavy (non-hydrogen) atoms. The number of guanidine groups is 1. The van der Waals surface area contributed by atoms with Gasteiger partial charge in [0.15, 0.2) is 5.96 Å². The van der Waals surface area contributed by atoms with Gasteiger partial charge in [-0.15, -0.1) is 24.0 Å². The second-order valence-corrected chi connectivity index (χ2v) is 6.41. The fraction of sp³-hybridized carbons (Fsp3) is 0.500. The molecule has 1 saturated heterocycles. The van der Waals surface area contributed by atoms with Gasteiger partial charge in [0.1, 0.15) is 0 Å². The quantitative estimate of drug-likeness (QED) is 0.268. The molecule has 0 aliphatic carbocycles. The Morgan fingerprint density at radius 2 is 2.03 bits per heavy atom. The molecule has 0 unspecified atom stereocenters. The molecule has 1 amide bonds. The van der Waals surface area contributed by atoms with E-state index >= 15 is 0 Å². The van der Waals surface area contributed by atoms with E-state index in [0.29, 0.717) is 31.2 Å². The highest BCUT2D eigenvalue weighted by molar-refractivity contribution is 14.0. The average molecular weight is 538 g/mol. The number of alkyl halides is 3. The second kappa shape index (κ2) is 12.5. The fourth-order valence-electron chi connectivity index (χ4n) is 2.86. The summed E-state index contributed by atoms with van der Waals surface area (Å²) in [7, 11) is 1.63. The topological polar surface area (TPSA) is 66.0 Å². The van der Waals surface area contributed by atoms with E-state index in [4.69, 9.17) is 4.74 Å².